The minimum absolute atomic E-state index is 0.930. The number of fused-ring (bicyclic) bond motifs is 2. The third kappa shape index (κ3) is 2.14. The van der Waals surface area contributed by atoms with Gasteiger partial charge in [-0.05, 0) is 49.3 Å². The molecule has 0 aromatic heterocycles. The molecule has 4 rings (SSSR count). The molecule has 0 atom stereocenters. The predicted octanol–water partition coefficient (Wildman–Crippen LogP) is 4.81. The SMILES string of the molecule is NC1=CC=C(N2c3ccccc3Sc3ccccc32)CC1. The van der Waals surface area contributed by atoms with E-state index in [-0.39, 0.29) is 0 Å². The summed E-state index contributed by atoms with van der Waals surface area (Å²) >= 11 is 1.84. The molecule has 0 bridgehead atoms. The summed E-state index contributed by atoms with van der Waals surface area (Å²) in [5.74, 6) is 0. The summed E-state index contributed by atoms with van der Waals surface area (Å²) < 4.78 is 0. The molecule has 0 radical (unpaired) electrons. The third-order valence-corrected chi connectivity index (χ3v) is 5.01. The summed E-state index contributed by atoms with van der Waals surface area (Å²) in [6, 6.07) is 17.2. The van der Waals surface area contributed by atoms with Crippen LogP contribution < -0.4 is 10.6 Å². The zero-order valence-corrected chi connectivity index (χ0v) is 12.4. The van der Waals surface area contributed by atoms with Gasteiger partial charge in [-0.1, -0.05) is 36.0 Å². The summed E-state index contributed by atoms with van der Waals surface area (Å²) in [6.45, 7) is 0. The second-order valence-corrected chi connectivity index (χ2v) is 6.36. The molecule has 2 N–H and O–H groups in total. The number of rotatable bonds is 1. The Labute approximate surface area is 129 Å². The van der Waals surface area contributed by atoms with E-state index in [1.165, 1.54) is 26.9 Å². The lowest BCUT2D eigenvalue weighted by Crippen LogP contribution is -2.21. The van der Waals surface area contributed by atoms with Crippen LogP contribution >= 0.6 is 11.8 Å². The van der Waals surface area contributed by atoms with Gasteiger partial charge in [-0.2, -0.15) is 0 Å². The highest BCUT2D eigenvalue weighted by atomic mass is 32.2. The Hall–Kier alpha value is -2.13. The van der Waals surface area contributed by atoms with Crippen molar-refractivity contribution in [3.63, 3.8) is 0 Å². The van der Waals surface area contributed by atoms with Crippen LogP contribution in [0.5, 0.6) is 0 Å². The lowest BCUT2D eigenvalue weighted by Gasteiger charge is -2.35. The number of nitrogens with two attached hydrogens (primary N) is 1. The lowest BCUT2D eigenvalue weighted by atomic mass is 10.1. The highest BCUT2D eigenvalue weighted by molar-refractivity contribution is 7.99. The van der Waals surface area contributed by atoms with Gasteiger partial charge < -0.3 is 10.6 Å². The Morgan fingerprint density at radius 1 is 0.810 bits per heavy atom. The van der Waals surface area contributed by atoms with E-state index in [2.05, 4.69) is 59.5 Å². The van der Waals surface area contributed by atoms with E-state index in [4.69, 9.17) is 5.73 Å². The fraction of sp³-hybridized carbons (Fsp3) is 0.111. The van der Waals surface area contributed by atoms with Crippen molar-refractivity contribution in [2.75, 3.05) is 4.90 Å². The van der Waals surface area contributed by atoms with Crippen LogP contribution in [-0.2, 0) is 0 Å². The molecule has 0 saturated carbocycles. The largest absolute Gasteiger partial charge is 0.402 e. The van der Waals surface area contributed by atoms with Crippen LogP contribution in [0.15, 0.2) is 81.9 Å². The molecule has 0 unspecified atom stereocenters. The average molecular weight is 292 g/mol. The molecular weight excluding hydrogens is 276 g/mol. The fourth-order valence-electron chi connectivity index (χ4n) is 2.84. The quantitative estimate of drug-likeness (QED) is 0.818. The highest BCUT2D eigenvalue weighted by Crippen LogP contribution is 2.50. The first kappa shape index (κ1) is 12.6. The highest BCUT2D eigenvalue weighted by Gasteiger charge is 2.25. The van der Waals surface area contributed by atoms with Gasteiger partial charge in [-0.25, -0.2) is 0 Å². The van der Waals surface area contributed by atoms with Gasteiger partial charge in [0.2, 0.25) is 0 Å². The summed E-state index contributed by atoms with van der Waals surface area (Å²) in [5.41, 5.74) is 10.7. The first-order valence-corrected chi connectivity index (χ1v) is 7.96. The Balaban J connectivity index is 1.90. The number of benzene rings is 2. The van der Waals surface area contributed by atoms with E-state index in [1.807, 2.05) is 17.8 Å². The molecule has 2 aromatic rings. The van der Waals surface area contributed by atoms with E-state index < -0.39 is 0 Å². The molecule has 2 nitrogen and oxygen atoms in total. The van der Waals surface area contributed by atoms with Gasteiger partial charge >= 0.3 is 0 Å². The Bertz CT molecular complexity index is 716. The van der Waals surface area contributed by atoms with Gasteiger partial charge in [0.25, 0.3) is 0 Å². The van der Waals surface area contributed by atoms with Gasteiger partial charge in [-0.15, -0.1) is 0 Å². The van der Waals surface area contributed by atoms with E-state index in [0.29, 0.717) is 0 Å². The van der Waals surface area contributed by atoms with Crippen LogP contribution in [0.1, 0.15) is 12.8 Å². The van der Waals surface area contributed by atoms with Gasteiger partial charge in [-0.3, -0.25) is 0 Å². The van der Waals surface area contributed by atoms with Crippen LogP contribution in [0.4, 0.5) is 11.4 Å². The minimum atomic E-state index is 0.930. The van der Waals surface area contributed by atoms with Crippen LogP contribution in [-0.4, -0.2) is 0 Å². The number of hydrogen-bond donors (Lipinski definition) is 1. The Kier molecular flexibility index (Phi) is 3.00. The molecule has 21 heavy (non-hydrogen) atoms. The van der Waals surface area contributed by atoms with Crippen LogP contribution in [0.3, 0.4) is 0 Å². The van der Waals surface area contributed by atoms with Crippen molar-refractivity contribution in [2.45, 2.75) is 22.6 Å². The summed E-state index contributed by atoms with van der Waals surface area (Å²) in [7, 11) is 0. The first-order valence-electron chi connectivity index (χ1n) is 7.14. The first-order chi connectivity index (χ1) is 10.3. The van der Waals surface area contributed by atoms with Crippen LogP contribution in [0.2, 0.25) is 0 Å². The van der Waals surface area contributed by atoms with E-state index in [1.54, 1.807) is 0 Å². The van der Waals surface area contributed by atoms with E-state index in [0.717, 1.165) is 18.5 Å². The lowest BCUT2D eigenvalue weighted by molar-refractivity contribution is 0.856. The number of nitrogens with zero attached hydrogens (tertiary/aromatic N) is 1. The number of para-hydroxylation sites is 2. The number of allylic oxidation sites excluding steroid dienone is 4. The molecule has 2 aromatic carbocycles. The summed E-state index contributed by atoms with van der Waals surface area (Å²) in [6.07, 6.45) is 6.10. The molecule has 0 fully saturated rings. The van der Waals surface area contributed by atoms with Crippen molar-refractivity contribution >= 4 is 23.1 Å². The summed E-state index contributed by atoms with van der Waals surface area (Å²) in [4.78, 5) is 4.99. The molecule has 0 saturated heterocycles. The van der Waals surface area contributed by atoms with Crippen molar-refractivity contribution in [1.29, 1.82) is 0 Å². The maximum atomic E-state index is 5.91. The maximum absolute atomic E-state index is 5.91. The molecule has 1 aliphatic heterocycles. The van der Waals surface area contributed by atoms with Gasteiger partial charge in [0.1, 0.15) is 0 Å². The van der Waals surface area contributed by atoms with Gasteiger partial charge in [0, 0.05) is 21.2 Å². The van der Waals surface area contributed by atoms with E-state index >= 15 is 0 Å². The third-order valence-electron chi connectivity index (χ3n) is 3.88. The molecule has 0 amide bonds. The monoisotopic (exact) mass is 292 g/mol. The Morgan fingerprint density at radius 2 is 1.43 bits per heavy atom. The van der Waals surface area contributed by atoms with Crippen molar-refractivity contribution in [3.05, 3.63) is 72.1 Å². The van der Waals surface area contributed by atoms with Crippen molar-refractivity contribution in [2.24, 2.45) is 5.73 Å². The van der Waals surface area contributed by atoms with Crippen molar-refractivity contribution < 1.29 is 0 Å². The minimum Gasteiger partial charge on any atom is -0.402 e. The normalized spacial score (nSPS) is 16.7. The Morgan fingerprint density at radius 3 is 2.00 bits per heavy atom. The topological polar surface area (TPSA) is 29.3 Å². The zero-order valence-electron chi connectivity index (χ0n) is 11.6. The maximum Gasteiger partial charge on any atom is 0.0598 e. The zero-order chi connectivity index (χ0) is 14.2. The molecular formula is C18H16N2S. The summed E-state index contributed by atoms with van der Waals surface area (Å²) in [5, 5.41) is 0. The molecule has 1 heterocycles. The van der Waals surface area contributed by atoms with Crippen LogP contribution in [0, 0.1) is 0 Å². The van der Waals surface area contributed by atoms with Crippen molar-refractivity contribution in [3.8, 4) is 0 Å². The standard InChI is InChI=1S/C18H16N2S/c19-13-9-11-14(12-10-13)20-15-5-1-3-7-17(15)21-18-8-4-2-6-16(18)20/h1-9,11H,10,12,19H2. The average Bonchev–Trinajstić information content (AvgIpc) is 2.53. The second-order valence-electron chi connectivity index (χ2n) is 5.27. The fourth-order valence-corrected chi connectivity index (χ4v) is 3.90. The smallest absolute Gasteiger partial charge is 0.0598 e. The second kappa shape index (κ2) is 5.01. The van der Waals surface area contributed by atoms with Crippen molar-refractivity contribution in [1.82, 2.24) is 0 Å². The molecule has 104 valence electrons. The molecule has 1 aliphatic carbocycles. The van der Waals surface area contributed by atoms with E-state index in [9.17, 15) is 0 Å². The van der Waals surface area contributed by atoms with Gasteiger partial charge in [0.05, 0.1) is 11.4 Å². The molecule has 3 heteroatoms. The number of hydrogen-bond acceptors (Lipinski definition) is 3. The van der Waals surface area contributed by atoms with Crippen LogP contribution in [0.25, 0.3) is 0 Å². The predicted molar refractivity (Wildman–Crippen MR) is 88.7 cm³/mol. The number of anilines is 2. The molecule has 0 spiro atoms. The van der Waals surface area contributed by atoms with Gasteiger partial charge in [0.15, 0.2) is 0 Å². The molecule has 2 aliphatic rings.